The number of hydrogen-bond donors (Lipinski definition) is 1. The van der Waals surface area contributed by atoms with Crippen LogP contribution in [0.3, 0.4) is 0 Å². The van der Waals surface area contributed by atoms with E-state index in [0.29, 0.717) is 41.9 Å². The first-order valence-electron chi connectivity index (χ1n) is 12.3. The van der Waals surface area contributed by atoms with Crippen molar-refractivity contribution in [3.05, 3.63) is 105 Å². The Labute approximate surface area is 225 Å². The number of fused-ring (bicyclic) bond motifs is 1. The van der Waals surface area contributed by atoms with Crippen molar-refractivity contribution in [3.63, 3.8) is 0 Å². The van der Waals surface area contributed by atoms with Crippen molar-refractivity contribution in [2.24, 2.45) is 5.92 Å². The van der Waals surface area contributed by atoms with Gasteiger partial charge in [-0.15, -0.1) is 0 Å². The average molecular weight is 563 g/mol. The van der Waals surface area contributed by atoms with Crippen LogP contribution in [0.5, 0.6) is 5.75 Å². The number of aryl methyl sites for hydroxylation is 1. The molecular weight excluding hydrogens is 538 g/mol. The summed E-state index contributed by atoms with van der Waals surface area (Å²) in [4.78, 5) is 24.1. The molecule has 1 aliphatic carbocycles. The van der Waals surface area contributed by atoms with Gasteiger partial charge in [0.2, 0.25) is 0 Å². The number of carbonyl (C=O) groups excluding carboxylic acids is 1. The van der Waals surface area contributed by atoms with Crippen LogP contribution in [0.2, 0.25) is 0 Å². The number of carboxylic acid groups (broad SMARTS) is 1. The summed E-state index contributed by atoms with van der Waals surface area (Å²) in [5.74, 6) is -1.34. The van der Waals surface area contributed by atoms with Crippen LogP contribution in [-0.4, -0.2) is 16.9 Å². The highest BCUT2D eigenvalue weighted by Gasteiger charge is 2.37. The van der Waals surface area contributed by atoms with Crippen LogP contribution in [0.4, 0.5) is 26.3 Å². The van der Waals surface area contributed by atoms with Gasteiger partial charge in [0.05, 0.1) is 17.0 Å². The smallest absolute Gasteiger partial charge is 0.416 e. The van der Waals surface area contributed by atoms with E-state index in [0.717, 1.165) is 17.2 Å². The Morgan fingerprint density at radius 3 is 2.08 bits per heavy atom. The van der Waals surface area contributed by atoms with Crippen molar-refractivity contribution in [1.82, 2.24) is 0 Å². The summed E-state index contributed by atoms with van der Waals surface area (Å²) in [5, 5.41) is 9.04. The Balaban J connectivity index is 1.48. The third kappa shape index (κ3) is 6.91. The largest absolute Gasteiger partial charge is 0.489 e. The molecule has 1 atom stereocenters. The van der Waals surface area contributed by atoms with Gasteiger partial charge in [-0.25, -0.2) is 0 Å². The van der Waals surface area contributed by atoms with E-state index in [1.807, 2.05) is 24.3 Å². The Morgan fingerprint density at radius 1 is 0.900 bits per heavy atom. The molecule has 4 rings (SSSR count). The van der Waals surface area contributed by atoms with E-state index in [2.05, 4.69) is 0 Å². The minimum absolute atomic E-state index is 0.0514. The summed E-state index contributed by atoms with van der Waals surface area (Å²) in [6, 6.07) is 13.4. The van der Waals surface area contributed by atoms with Crippen LogP contribution in [0.15, 0.2) is 66.2 Å². The fourth-order valence-corrected chi connectivity index (χ4v) is 4.42. The molecule has 210 valence electrons. The molecule has 0 spiro atoms. The molecule has 0 saturated carbocycles. The van der Waals surface area contributed by atoms with E-state index in [1.54, 1.807) is 19.1 Å². The van der Waals surface area contributed by atoms with E-state index >= 15 is 0 Å². The number of ether oxygens (including phenoxy) is 1. The molecule has 3 aromatic carbocycles. The predicted octanol–water partition coefficient (Wildman–Crippen LogP) is 7.78. The minimum atomic E-state index is -4.98. The lowest BCUT2D eigenvalue weighted by molar-refractivity contribution is -0.143. The lowest BCUT2D eigenvalue weighted by Gasteiger charge is -2.19. The zero-order valence-corrected chi connectivity index (χ0v) is 21.2. The molecule has 0 aromatic heterocycles. The standard InChI is InChI=1S/C30H24F6O4/c1-17(28(38)39)10-18-2-4-19(5-3-18)16-40-25-8-9-26-21(14-25)6-7-22(27(26)37)11-20-12-23(29(31,32)33)15-24(13-20)30(34,35)36/h2-5,8-9,11-15,17H,6-7,10,16H2,1H3,(H,38,39)/b22-11+. The van der Waals surface area contributed by atoms with Crippen LogP contribution < -0.4 is 4.74 Å². The van der Waals surface area contributed by atoms with Gasteiger partial charge in [0.25, 0.3) is 0 Å². The number of aliphatic carboxylic acids is 1. The van der Waals surface area contributed by atoms with Gasteiger partial charge in [-0.05, 0) is 84.0 Å². The van der Waals surface area contributed by atoms with Gasteiger partial charge in [-0.1, -0.05) is 31.2 Å². The zero-order chi connectivity index (χ0) is 29.2. The van der Waals surface area contributed by atoms with Gasteiger partial charge in [0.1, 0.15) is 12.4 Å². The quantitative estimate of drug-likeness (QED) is 0.236. The Bertz CT molecular complexity index is 1420. The third-order valence-corrected chi connectivity index (χ3v) is 6.62. The average Bonchev–Trinajstić information content (AvgIpc) is 2.88. The van der Waals surface area contributed by atoms with Crippen molar-refractivity contribution in [2.75, 3.05) is 0 Å². The van der Waals surface area contributed by atoms with E-state index in [1.165, 1.54) is 6.07 Å². The molecule has 1 N–H and O–H groups in total. The summed E-state index contributed by atoms with van der Waals surface area (Å²) in [6.07, 6.45) is -7.97. The Hall–Kier alpha value is -4.08. The minimum Gasteiger partial charge on any atom is -0.489 e. The first-order chi connectivity index (χ1) is 18.7. The second-order valence-electron chi connectivity index (χ2n) is 9.71. The molecule has 0 heterocycles. The summed E-state index contributed by atoms with van der Waals surface area (Å²) >= 11 is 0. The maximum atomic E-state index is 13.2. The summed E-state index contributed by atoms with van der Waals surface area (Å²) in [5.41, 5.74) is -0.404. The lowest BCUT2D eigenvalue weighted by Crippen LogP contribution is -2.15. The van der Waals surface area contributed by atoms with E-state index in [9.17, 15) is 35.9 Å². The number of rotatable bonds is 7. The first kappa shape index (κ1) is 28.9. The molecule has 1 aliphatic rings. The molecule has 4 nitrogen and oxygen atoms in total. The topological polar surface area (TPSA) is 63.6 Å². The van der Waals surface area contributed by atoms with Crippen LogP contribution in [0.25, 0.3) is 6.08 Å². The third-order valence-electron chi connectivity index (χ3n) is 6.62. The van der Waals surface area contributed by atoms with E-state index < -0.39 is 41.1 Å². The number of carboxylic acids is 1. The van der Waals surface area contributed by atoms with Gasteiger partial charge in [-0.3, -0.25) is 9.59 Å². The number of alkyl halides is 6. The molecule has 0 saturated heterocycles. The highest BCUT2D eigenvalue weighted by atomic mass is 19.4. The van der Waals surface area contributed by atoms with E-state index in [4.69, 9.17) is 9.84 Å². The molecular formula is C30H24F6O4. The summed E-state index contributed by atoms with van der Waals surface area (Å²) in [7, 11) is 0. The highest BCUT2D eigenvalue weighted by Crippen LogP contribution is 2.37. The lowest BCUT2D eigenvalue weighted by atomic mass is 9.85. The molecule has 0 radical (unpaired) electrons. The molecule has 0 fully saturated rings. The maximum absolute atomic E-state index is 13.2. The normalized spacial score (nSPS) is 15.6. The second kappa shape index (κ2) is 11.2. The van der Waals surface area contributed by atoms with Gasteiger partial charge in [-0.2, -0.15) is 26.3 Å². The molecule has 1 unspecified atom stereocenters. The number of benzene rings is 3. The number of carbonyl (C=O) groups is 2. The Morgan fingerprint density at radius 2 is 1.50 bits per heavy atom. The van der Waals surface area contributed by atoms with Gasteiger partial charge in [0.15, 0.2) is 5.78 Å². The van der Waals surface area contributed by atoms with Crippen LogP contribution in [0, 0.1) is 5.92 Å². The molecule has 10 heteroatoms. The number of halogens is 6. The van der Waals surface area contributed by atoms with Crippen molar-refractivity contribution in [2.45, 2.75) is 45.1 Å². The highest BCUT2D eigenvalue weighted by molar-refractivity contribution is 6.13. The van der Waals surface area contributed by atoms with Gasteiger partial charge in [0, 0.05) is 11.1 Å². The predicted molar refractivity (Wildman–Crippen MR) is 135 cm³/mol. The van der Waals surface area contributed by atoms with Crippen molar-refractivity contribution in [1.29, 1.82) is 0 Å². The van der Waals surface area contributed by atoms with Crippen LogP contribution in [-0.2, 0) is 36.6 Å². The molecule has 3 aromatic rings. The molecule has 0 aliphatic heterocycles. The van der Waals surface area contributed by atoms with Gasteiger partial charge >= 0.3 is 18.3 Å². The second-order valence-corrected chi connectivity index (χ2v) is 9.71. The number of ketones is 1. The fourth-order valence-electron chi connectivity index (χ4n) is 4.42. The summed E-state index contributed by atoms with van der Waals surface area (Å²) in [6.45, 7) is 1.86. The fraction of sp³-hybridized carbons (Fsp3) is 0.267. The van der Waals surface area contributed by atoms with Crippen molar-refractivity contribution in [3.8, 4) is 5.75 Å². The number of hydrogen-bond acceptors (Lipinski definition) is 3. The van der Waals surface area contributed by atoms with Crippen LogP contribution in [0.1, 0.15) is 57.1 Å². The monoisotopic (exact) mass is 562 g/mol. The van der Waals surface area contributed by atoms with E-state index in [-0.39, 0.29) is 30.2 Å². The Kier molecular flexibility index (Phi) is 8.09. The number of allylic oxidation sites excluding steroid dienone is 1. The van der Waals surface area contributed by atoms with Crippen molar-refractivity contribution >= 4 is 17.8 Å². The summed E-state index contributed by atoms with van der Waals surface area (Å²) < 4.78 is 85.0. The van der Waals surface area contributed by atoms with Crippen LogP contribution >= 0.6 is 0 Å². The SMILES string of the molecule is CC(Cc1ccc(COc2ccc3c(c2)CC/C(=C\c2cc(C(F)(F)F)cc(C(F)(F)F)c2)C3=O)cc1)C(=O)O. The molecule has 0 bridgehead atoms. The van der Waals surface area contributed by atoms with Gasteiger partial charge < -0.3 is 9.84 Å². The number of Topliss-reactive ketones (excluding diaryl/α,β-unsaturated/α-hetero) is 1. The zero-order valence-electron chi connectivity index (χ0n) is 21.2. The maximum Gasteiger partial charge on any atom is 0.416 e. The van der Waals surface area contributed by atoms with Crippen molar-refractivity contribution < 1.29 is 45.8 Å². The molecule has 40 heavy (non-hydrogen) atoms. The molecule has 0 amide bonds. The first-order valence-corrected chi connectivity index (χ1v) is 12.3.